The maximum Gasteiger partial charge on any atom is 0.251 e. The van der Waals surface area contributed by atoms with Crippen LogP contribution in [0.1, 0.15) is 16.2 Å². The van der Waals surface area contributed by atoms with E-state index in [0.29, 0.717) is 17.9 Å². The van der Waals surface area contributed by atoms with Crippen molar-refractivity contribution in [1.29, 1.82) is 0 Å². The van der Waals surface area contributed by atoms with E-state index in [2.05, 4.69) is 20.4 Å². The topological polar surface area (TPSA) is 75.6 Å². The van der Waals surface area contributed by atoms with Crippen molar-refractivity contribution in [3.05, 3.63) is 48.2 Å². The van der Waals surface area contributed by atoms with E-state index in [-0.39, 0.29) is 5.91 Å². The van der Waals surface area contributed by atoms with Crippen molar-refractivity contribution in [2.24, 2.45) is 7.05 Å². The summed E-state index contributed by atoms with van der Waals surface area (Å²) in [6.07, 6.45) is 3.45. The van der Waals surface area contributed by atoms with Crippen LogP contribution in [-0.2, 0) is 13.6 Å². The van der Waals surface area contributed by atoms with Gasteiger partial charge < -0.3 is 10.3 Å². The number of aromatic nitrogens is 4. The number of H-pyrrole nitrogens is 1. The largest absolute Gasteiger partial charge is 0.361 e. The number of nitrogens with zero attached hydrogens (tertiary/aromatic N) is 3. The van der Waals surface area contributed by atoms with Crippen molar-refractivity contribution in [3.63, 3.8) is 0 Å². The summed E-state index contributed by atoms with van der Waals surface area (Å²) in [5.74, 6) is 0.459. The summed E-state index contributed by atoms with van der Waals surface area (Å²) in [5, 5.41) is 7.98. The normalized spacial score (nSPS) is 10.8. The minimum atomic E-state index is -0.135. The summed E-state index contributed by atoms with van der Waals surface area (Å²) in [5.41, 5.74) is 1.56. The van der Waals surface area contributed by atoms with Crippen LogP contribution >= 0.6 is 0 Å². The molecule has 1 amide bonds. The van der Waals surface area contributed by atoms with Crippen molar-refractivity contribution >= 4 is 16.8 Å². The van der Waals surface area contributed by atoms with Crippen molar-refractivity contribution in [3.8, 4) is 0 Å². The Hall–Kier alpha value is -2.63. The number of carbonyl (C=O) groups is 1. The number of benzene rings is 1. The highest BCUT2D eigenvalue weighted by Crippen LogP contribution is 2.14. The third-order valence-electron chi connectivity index (χ3n) is 2.87. The van der Waals surface area contributed by atoms with Gasteiger partial charge in [-0.2, -0.15) is 5.10 Å². The molecule has 0 aliphatic heterocycles. The molecule has 96 valence electrons. The zero-order valence-corrected chi connectivity index (χ0v) is 10.4. The van der Waals surface area contributed by atoms with E-state index in [1.807, 2.05) is 24.4 Å². The summed E-state index contributed by atoms with van der Waals surface area (Å²) in [6.45, 7) is 0.322. The van der Waals surface area contributed by atoms with Gasteiger partial charge in [0, 0.05) is 24.3 Å². The predicted octanol–water partition coefficient (Wildman–Crippen LogP) is 1.23. The number of amides is 1. The van der Waals surface area contributed by atoms with E-state index in [0.717, 1.165) is 10.9 Å². The average Bonchev–Trinajstić information content (AvgIpc) is 3.03. The van der Waals surface area contributed by atoms with Gasteiger partial charge in [-0.25, -0.2) is 4.98 Å². The lowest BCUT2D eigenvalue weighted by Crippen LogP contribution is -2.23. The van der Waals surface area contributed by atoms with E-state index in [1.165, 1.54) is 0 Å². The Morgan fingerprint density at radius 2 is 2.32 bits per heavy atom. The van der Waals surface area contributed by atoms with E-state index in [4.69, 9.17) is 0 Å². The van der Waals surface area contributed by atoms with Crippen LogP contribution in [-0.4, -0.2) is 25.7 Å². The molecular formula is C13H13N5O. The number of fused-ring (bicyclic) bond motifs is 1. The quantitative estimate of drug-likeness (QED) is 0.739. The Morgan fingerprint density at radius 3 is 3.11 bits per heavy atom. The van der Waals surface area contributed by atoms with Crippen LogP contribution in [0.15, 0.2) is 36.8 Å². The van der Waals surface area contributed by atoms with Gasteiger partial charge in [0.2, 0.25) is 0 Å². The number of hydrogen-bond acceptors (Lipinski definition) is 3. The summed E-state index contributed by atoms with van der Waals surface area (Å²) in [7, 11) is 1.79. The summed E-state index contributed by atoms with van der Waals surface area (Å²) < 4.78 is 1.60. The van der Waals surface area contributed by atoms with Gasteiger partial charge in [-0.05, 0) is 23.6 Å². The average molecular weight is 255 g/mol. The minimum Gasteiger partial charge on any atom is -0.361 e. The van der Waals surface area contributed by atoms with E-state index in [9.17, 15) is 4.79 Å². The molecule has 0 atom stereocenters. The fourth-order valence-electron chi connectivity index (χ4n) is 1.92. The third kappa shape index (κ3) is 2.33. The molecule has 1 aromatic carbocycles. The van der Waals surface area contributed by atoms with Crippen LogP contribution in [0.5, 0.6) is 0 Å². The monoisotopic (exact) mass is 255 g/mol. The van der Waals surface area contributed by atoms with Crippen LogP contribution in [0.2, 0.25) is 0 Å². The number of hydrogen-bond donors (Lipinski definition) is 2. The smallest absolute Gasteiger partial charge is 0.251 e. The zero-order chi connectivity index (χ0) is 13.2. The van der Waals surface area contributed by atoms with Gasteiger partial charge in [-0.15, -0.1) is 0 Å². The summed E-state index contributed by atoms with van der Waals surface area (Å²) in [4.78, 5) is 19.1. The molecule has 2 heterocycles. The Morgan fingerprint density at radius 1 is 1.42 bits per heavy atom. The molecule has 3 rings (SSSR count). The van der Waals surface area contributed by atoms with Crippen LogP contribution in [0, 0.1) is 0 Å². The van der Waals surface area contributed by atoms with Gasteiger partial charge in [0.15, 0.2) is 5.82 Å². The number of rotatable bonds is 3. The second-order valence-electron chi connectivity index (χ2n) is 4.30. The lowest BCUT2D eigenvalue weighted by atomic mass is 10.1. The van der Waals surface area contributed by atoms with E-state index < -0.39 is 0 Å². The van der Waals surface area contributed by atoms with Crippen molar-refractivity contribution in [2.45, 2.75) is 6.54 Å². The highest BCUT2D eigenvalue weighted by Gasteiger charge is 2.07. The van der Waals surface area contributed by atoms with Crippen LogP contribution in [0.25, 0.3) is 10.9 Å². The molecule has 0 radical (unpaired) electrons. The first-order valence-corrected chi connectivity index (χ1v) is 5.92. The molecule has 0 aliphatic carbocycles. The SMILES string of the molecule is Cn1cnc(CNC(=O)c2ccc3cc[nH]c3c2)n1. The lowest BCUT2D eigenvalue weighted by molar-refractivity contribution is 0.0950. The molecule has 0 saturated heterocycles. The minimum absolute atomic E-state index is 0.135. The molecule has 2 aromatic heterocycles. The molecule has 0 aliphatic rings. The third-order valence-corrected chi connectivity index (χ3v) is 2.87. The molecule has 0 bridgehead atoms. The first-order chi connectivity index (χ1) is 9.22. The van der Waals surface area contributed by atoms with E-state index in [1.54, 1.807) is 24.1 Å². The molecule has 0 saturated carbocycles. The molecule has 0 unspecified atom stereocenters. The first-order valence-electron chi connectivity index (χ1n) is 5.92. The number of nitrogens with one attached hydrogen (secondary N) is 2. The molecule has 3 aromatic rings. The highest BCUT2D eigenvalue weighted by molar-refractivity contribution is 5.97. The summed E-state index contributed by atoms with van der Waals surface area (Å²) >= 11 is 0. The first kappa shape index (κ1) is 11.5. The second-order valence-corrected chi connectivity index (χ2v) is 4.30. The molecular weight excluding hydrogens is 242 g/mol. The molecule has 6 nitrogen and oxygen atoms in total. The van der Waals surface area contributed by atoms with Gasteiger partial charge in [-0.3, -0.25) is 9.48 Å². The zero-order valence-electron chi connectivity index (χ0n) is 10.4. The fraction of sp³-hybridized carbons (Fsp3) is 0.154. The molecule has 6 heteroatoms. The highest BCUT2D eigenvalue weighted by atomic mass is 16.1. The molecule has 2 N–H and O–H groups in total. The molecule has 0 fully saturated rings. The number of carbonyl (C=O) groups excluding carboxylic acids is 1. The van der Waals surface area contributed by atoms with Gasteiger partial charge in [0.05, 0.1) is 6.54 Å². The standard InChI is InChI=1S/C13H13N5O/c1-18-8-16-12(17-18)7-15-13(19)10-3-2-9-4-5-14-11(9)6-10/h2-6,8,14H,7H2,1H3,(H,15,19). The van der Waals surface area contributed by atoms with Gasteiger partial charge in [0.1, 0.15) is 6.33 Å². The van der Waals surface area contributed by atoms with Gasteiger partial charge in [-0.1, -0.05) is 6.07 Å². The van der Waals surface area contributed by atoms with Crippen molar-refractivity contribution < 1.29 is 4.79 Å². The number of aryl methyl sites for hydroxylation is 1. The molecule has 0 spiro atoms. The van der Waals surface area contributed by atoms with Crippen LogP contribution in [0.4, 0.5) is 0 Å². The Bertz CT molecular complexity index is 727. The van der Waals surface area contributed by atoms with Crippen LogP contribution in [0.3, 0.4) is 0 Å². The Labute approximate surface area is 109 Å². The van der Waals surface area contributed by atoms with Crippen molar-refractivity contribution in [2.75, 3.05) is 0 Å². The fourth-order valence-corrected chi connectivity index (χ4v) is 1.92. The lowest BCUT2D eigenvalue weighted by Gasteiger charge is -2.03. The van der Waals surface area contributed by atoms with Crippen molar-refractivity contribution in [1.82, 2.24) is 25.1 Å². The molecule has 19 heavy (non-hydrogen) atoms. The second kappa shape index (κ2) is 4.56. The Balaban J connectivity index is 1.72. The van der Waals surface area contributed by atoms with Gasteiger partial charge in [0.25, 0.3) is 5.91 Å². The van der Waals surface area contributed by atoms with Gasteiger partial charge >= 0.3 is 0 Å². The maximum atomic E-state index is 12.0. The Kier molecular flexibility index (Phi) is 2.75. The summed E-state index contributed by atoms with van der Waals surface area (Å²) in [6, 6.07) is 7.52. The number of aromatic amines is 1. The maximum absolute atomic E-state index is 12.0. The van der Waals surface area contributed by atoms with Crippen LogP contribution < -0.4 is 5.32 Å². The predicted molar refractivity (Wildman–Crippen MR) is 70.5 cm³/mol. The van der Waals surface area contributed by atoms with E-state index >= 15 is 0 Å².